The minimum Gasteiger partial charge on any atom is -0.335 e. The normalized spacial score (nSPS) is 10.5. The van der Waals surface area contributed by atoms with Crippen molar-refractivity contribution in [3.63, 3.8) is 0 Å². The molecule has 94 valence electrons. The summed E-state index contributed by atoms with van der Waals surface area (Å²) in [5.74, 6) is -6.05. The lowest BCUT2D eigenvalue weighted by Gasteiger charge is -2.09. The number of hydrogen-bond acceptors (Lipinski definition) is 3. The Morgan fingerprint density at radius 3 is 2.11 bits per heavy atom. The van der Waals surface area contributed by atoms with Gasteiger partial charge < -0.3 is 5.32 Å². The van der Waals surface area contributed by atoms with E-state index >= 15 is 0 Å². The van der Waals surface area contributed by atoms with Gasteiger partial charge in [-0.05, 0) is 15.9 Å². The van der Waals surface area contributed by atoms with Crippen molar-refractivity contribution in [3.05, 3.63) is 46.3 Å². The first-order chi connectivity index (χ1) is 8.49. The topological polar surface area (TPSA) is 37.8 Å². The maximum Gasteiger partial charge on any atom is 0.185 e. The molecule has 0 unspecified atom stereocenters. The molecule has 1 N–H and O–H groups in total. The number of rotatable bonds is 2. The quantitative estimate of drug-likeness (QED) is 0.522. The van der Waals surface area contributed by atoms with E-state index in [9.17, 15) is 17.6 Å². The second-order valence-electron chi connectivity index (χ2n) is 3.19. The summed E-state index contributed by atoms with van der Waals surface area (Å²) in [7, 11) is 0. The summed E-state index contributed by atoms with van der Waals surface area (Å²) in [5, 5.41) is 2.15. The van der Waals surface area contributed by atoms with E-state index < -0.39 is 29.0 Å². The Morgan fingerprint density at radius 2 is 1.56 bits per heavy atom. The molecule has 1 aromatic carbocycles. The molecule has 3 nitrogen and oxygen atoms in total. The number of aromatic nitrogens is 2. The highest BCUT2D eigenvalue weighted by atomic mass is 79.9. The highest BCUT2D eigenvalue weighted by Crippen LogP contribution is 2.27. The van der Waals surface area contributed by atoms with Crippen molar-refractivity contribution in [2.45, 2.75) is 0 Å². The number of anilines is 2. The Bertz CT molecular complexity index is 580. The van der Waals surface area contributed by atoms with Crippen molar-refractivity contribution in [1.82, 2.24) is 9.97 Å². The van der Waals surface area contributed by atoms with Gasteiger partial charge in [-0.2, -0.15) is 0 Å². The van der Waals surface area contributed by atoms with Gasteiger partial charge in [0.25, 0.3) is 0 Å². The van der Waals surface area contributed by atoms with Crippen LogP contribution in [0, 0.1) is 23.3 Å². The molecule has 0 fully saturated rings. The van der Waals surface area contributed by atoms with Crippen LogP contribution >= 0.6 is 15.9 Å². The second kappa shape index (κ2) is 4.89. The molecular formula is C10H4BrF4N3. The minimum atomic E-state index is -1.52. The fourth-order valence-corrected chi connectivity index (χ4v) is 1.52. The molecule has 0 aliphatic heterocycles. The van der Waals surface area contributed by atoms with Crippen LogP contribution in [0.2, 0.25) is 0 Å². The number of nitrogens with zero attached hydrogens (tertiary/aromatic N) is 2. The van der Waals surface area contributed by atoms with Crippen LogP contribution < -0.4 is 5.32 Å². The molecule has 8 heteroatoms. The summed E-state index contributed by atoms with van der Waals surface area (Å²) in [4.78, 5) is 7.34. The predicted molar refractivity (Wildman–Crippen MR) is 59.3 cm³/mol. The van der Waals surface area contributed by atoms with Crippen molar-refractivity contribution in [2.24, 2.45) is 0 Å². The minimum absolute atomic E-state index is 0.0142. The van der Waals surface area contributed by atoms with E-state index in [0.717, 1.165) is 6.33 Å². The Labute approximate surface area is 107 Å². The molecule has 0 saturated carbocycles. The second-order valence-corrected chi connectivity index (χ2v) is 4.01. The molecule has 0 radical (unpaired) electrons. The van der Waals surface area contributed by atoms with Gasteiger partial charge in [-0.15, -0.1) is 0 Å². The molecule has 1 aromatic heterocycles. The molecular weight excluding hydrogens is 318 g/mol. The molecule has 1 heterocycles. The van der Waals surface area contributed by atoms with E-state index in [-0.39, 0.29) is 11.9 Å². The maximum absolute atomic E-state index is 13.3. The van der Waals surface area contributed by atoms with Crippen LogP contribution in [0.25, 0.3) is 0 Å². The third-order valence-electron chi connectivity index (χ3n) is 2.00. The lowest BCUT2D eigenvalue weighted by atomic mass is 10.2. The average Bonchev–Trinajstić information content (AvgIpc) is 2.32. The molecule has 0 saturated heterocycles. The van der Waals surface area contributed by atoms with Crippen LogP contribution in [0.15, 0.2) is 23.1 Å². The number of hydrogen-bond donors (Lipinski definition) is 1. The molecule has 0 aliphatic carbocycles. The predicted octanol–water partition coefficient (Wildman–Crippen LogP) is 3.54. The van der Waals surface area contributed by atoms with Crippen molar-refractivity contribution in [3.8, 4) is 0 Å². The van der Waals surface area contributed by atoms with Gasteiger partial charge in [-0.3, -0.25) is 0 Å². The number of benzene rings is 1. The van der Waals surface area contributed by atoms with E-state index in [0.29, 0.717) is 4.60 Å². The lowest BCUT2D eigenvalue weighted by molar-refractivity contribution is 0.459. The first kappa shape index (κ1) is 12.7. The summed E-state index contributed by atoms with van der Waals surface area (Å²) >= 11 is 3.01. The van der Waals surface area contributed by atoms with Gasteiger partial charge in [0.05, 0.1) is 0 Å². The van der Waals surface area contributed by atoms with E-state index in [1.165, 1.54) is 6.07 Å². The van der Waals surface area contributed by atoms with Gasteiger partial charge in [0, 0.05) is 12.1 Å². The summed E-state index contributed by atoms with van der Waals surface area (Å²) in [6.45, 7) is 0. The summed E-state index contributed by atoms with van der Waals surface area (Å²) in [6.07, 6.45) is 1.11. The van der Waals surface area contributed by atoms with Crippen molar-refractivity contribution < 1.29 is 17.6 Å². The fraction of sp³-hybridized carbons (Fsp3) is 0. The smallest absolute Gasteiger partial charge is 0.185 e. The summed E-state index contributed by atoms with van der Waals surface area (Å²) in [6, 6.07) is 1.42. The van der Waals surface area contributed by atoms with Crippen molar-refractivity contribution in [1.29, 1.82) is 0 Å². The third-order valence-corrected chi connectivity index (χ3v) is 2.43. The standard InChI is InChI=1S/C10H4BrF4N3/c11-6-2-7(17-3-16-6)18-10-8(14)4(12)1-5(13)9(10)15/h1-3H,(H,16,17,18). The van der Waals surface area contributed by atoms with E-state index in [4.69, 9.17) is 0 Å². The van der Waals surface area contributed by atoms with Gasteiger partial charge in [-0.1, -0.05) is 0 Å². The van der Waals surface area contributed by atoms with E-state index in [1.54, 1.807) is 0 Å². The largest absolute Gasteiger partial charge is 0.335 e. The molecule has 0 spiro atoms. The monoisotopic (exact) mass is 321 g/mol. The number of halogens is 5. The molecule has 2 rings (SSSR count). The van der Waals surface area contributed by atoms with Gasteiger partial charge in [0.15, 0.2) is 23.3 Å². The zero-order valence-corrected chi connectivity index (χ0v) is 10.1. The van der Waals surface area contributed by atoms with E-state index in [1.807, 2.05) is 0 Å². The highest BCUT2D eigenvalue weighted by Gasteiger charge is 2.19. The van der Waals surface area contributed by atoms with Gasteiger partial charge in [0.1, 0.15) is 22.4 Å². The van der Waals surface area contributed by atoms with Gasteiger partial charge in [0.2, 0.25) is 0 Å². The molecule has 18 heavy (non-hydrogen) atoms. The molecule has 0 atom stereocenters. The SMILES string of the molecule is Fc1cc(F)c(F)c(Nc2cc(Br)ncn2)c1F. The Balaban J connectivity index is 2.46. The highest BCUT2D eigenvalue weighted by molar-refractivity contribution is 9.10. The third kappa shape index (κ3) is 2.42. The first-order valence-corrected chi connectivity index (χ1v) is 5.36. The zero-order chi connectivity index (χ0) is 13.3. The van der Waals surface area contributed by atoms with Crippen LogP contribution in [0.3, 0.4) is 0 Å². The van der Waals surface area contributed by atoms with Crippen LogP contribution in [-0.2, 0) is 0 Å². The molecule has 0 aliphatic rings. The van der Waals surface area contributed by atoms with Crippen LogP contribution in [0.5, 0.6) is 0 Å². The molecule has 0 amide bonds. The molecule has 2 aromatic rings. The average molecular weight is 322 g/mol. The van der Waals surface area contributed by atoms with Crippen LogP contribution in [0.1, 0.15) is 0 Å². The number of nitrogens with one attached hydrogen (secondary N) is 1. The van der Waals surface area contributed by atoms with Crippen LogP contribution in [0.4, 0.5) is 29.1 Å². The summed E-state index contributed by atoms with van der Waals surface area (Å²) < 4.78 is 52.9. The lowest BCUT2D eigenvalue weighted by Crippen LogP contribution is -2.04. The van der Waals surface area contributed by atoms with Crippen molar-refractivity contribution in [2.75, 3.05) is 5.32 Å². The summed E-state index contributed by atoms with van der Waals surface area (Å²) in [5.41, 5.74) is -0.946. The Morgan fingerprint density at radius 1 is 0.944 bits per heavy atom. The zero-order valence-electron chi connectivity index (χ0n) is 8.52. The Hall–Kier alpha value is -1.70. The van der Waals surface area contributed by atoms with Gasteiger partial charge in [-0.25, -0.2) is 27.5 Å². The Kier molecular flexibility index (Phi) is 3.46. The van der Waals surface area contributed by atoms with Crippen LogP contribution in [-0.4, -0.2) is 9.97 Å². The molecule has 0 bridgehead atoms. The van der Waals surface area contributed by atoms with Crippen molar-refractivity contribution >= 4 is 27.4 Å². The van der Waals surface area contributed by atoms with Gasteiger partial charge >= 0.3 is 0 Å². The van der Waals surface area contributed by atoms with E-state index in [2.05, 4.69) is 31.2 Å². The fourth-order valence-electron chi connectivity index (χ4n) is 1.21. The first-order valence-electron chi connectivity index (χ1n) is 4.56. The maximum atomic E-state index is 13.3.